The van der Waals surface area contributed by atoms with Gasteiger partial charge in [-0.3, -0.25) is 9.36 Å². The molecule has 3 unspecified atom stereocenters. The zero-order chi connectivity index (χ0) is 64.8. The van der Waals surface area contributed by atoms with Gasteiger partial charge in [-0.1, -0.05) is 376 Å². The highest BCUT2D eigenvalue weighted by Gasteiger charge is 2.23. The van der Waals surface area contributed by atoms with Gasteiger partial charge in [-0.05, 0) is 70.6 Å². The first-order chi connectivity index (χ1) is 43.5. The van der Waals surface area contributed by atoms with E-state index < -0.39 is 26.6 Å². The largest absolute Gasteiger partial charge is 0.756 e. The number of quaternary nitrogens is 1. The van der Waals surface area contributed by atoms with Gasteiger partial charge in [-0.25, -0.2) is 0 Å². The van der Waals surface area contributed by atoms with Crippen molar-refractivity contribution in [3.8, 4) is 0 Å². The number of aliphatic hydroxyl groups is 1. The monoisotopic (exact) mass is 1270 g/mol. The van der Waals surface area contributed by atoms with Crippen molar-refractivity contribution in [2.45, 2.75) is 405 Å². The van der Waals surface area contributed by atoms with E-state index in [1.54, 1.807) is 6.08 Å². The second kappa shape index (κ2) is 70.5. The molecule has 3 atom stereocenters. The molecule has 2 N–H and O–H groups in total. The maximum Gasteiger partial charge on any atom is 0.268 e. The van der Waals surface area contributed by atoms with Gasteiger partial charge in [0, 0.05) is 6.42 Å². The van der Waals surface area contributed by atoms with Gasteiger partial charge in [0.2, 0.25) is 5.91 Å². The fourth-order valence-electron chi connectivity index (χ4n) is 11.9. The van der Waals surface area contributed by atoms with Crippen LogP contribution >= 0.6 is 7.82 Å². The summed E-state index contributed by atoms with van der Waals surface area (Å²) < 4.78 is 23.5. The summed E-state index contributed by atoms with van der Waals surface area (Å²) in [5.41, 5.74) is 0. The Kier molecular flexibility index (Phi) is 69.1. The summed E-state index contributed by atoms with van der Waals surface area (Å²) in [6.45, 7) is 4.67. The van der Waals surface area contributed by atoms with Gasteiger partial charge in [0.25, 0.3) is 7.82 Å². The number of nitrogens with zero attached hydrogens (tertiary/aromatic N) is 1. The van der Waals surface area contributed by atoms with Crippen LogP contribution in [0.5, 0.6) is 0 Å². The van der Waals surface area contributed by atoms with Crippen LogP contribution in [0.4, 0.5) is 0 Å². The number of carbonyl (C=O) groups excluding carboxylic acids is 1. The number of hydrogen-bond donors (Lipinski definition) is 2. The Hall–Kier alpha value is -1.80. The second-order valence-electron chi connectivity index (χ2n) is 28.1. The number of rotatable bonds is 73. The number of aliphatic hydroxyl groups excluding tert-OH is 1. The zero-order valence-corrected chi connectivity index (χ0v) is 61.0. The van der Waals surface area contributed by atoms with Gasteiger partial charge < -0.3 is 28.8 Å². The summed E-state index contributed by atoms with van der Waals surface area (Å²) in [5.74, 6) is -0.200. The number of carbonyl (C=O) groups is 1. The molecule has 0 heterocycles. The van der Waals surface area contributed by atoms with E-state index in [4.69, 9.17) is 9.05 Å². The Balaban J connectivity index is 4.00. The smallest absolute Gasteiger partial charge is 0.268 e. The molecule has 0 aliphatic carbocycles. The molecule has 0 rings (SSSR count). The predicted octanol–water partition coefficient (Wildman–Crippen LogP) is 24.9. The first-order valence-corrected chi connectivity index (χ1v) is 40.6. The van der Waals surface area contributed by atoms with Gasteiger partial charge >= 0.3 is 0 Å². The number of nitrogens with one attached hydrogen (secondary N) is 1. The molecule has 0 aliphatic heterocycles. The van der Waals surface area contributed by atoms with Crippen LogP contribution in [0.3, 0.4) is 0 Å². The Labute approximate surface area is 555 Å². The fourth-order valence-corrected chi connectivity index (χ4v) is 12.6. The van der Waals surface area contributed by atoms with Gasteiger partial charge in [-0.15, -0.1) is 0 Å². The van der Waals surface area contributed by atoms with Crippen molar-refractivity contribution in [1.82, 2.24) is 5.32 Å². The summed E-state index contributed by atoms with van der Waals surface area (Å²) in [5, 5.41) is 14.0. The fraction of sp³-hybridized carbons (Fsp3) is 0.863. The molecule has 0 aliphatic rings. The van der Waals surface area contributed by atoms with Crippen LogP contribution in [0.25, 0.3) is 0 Å². The molecule has 9 heteroatoms. The summed E-state index contributed by atoms with van der Waals surface area (Å²) in [6, 6.07) is -0.906. The van der Waals surface area contributed by atoms with Crippen LogP contribution in [0.15, 0.2) is 60.8 Å². The SMILES string of the molecule is CCCCCCC/C=C\C/C=C\C/C=C\CCCCCCCCCCCCCCCCCCCCCCCCC(=O)NC(COP(=O)([O-])OCC[N+](C)(C)C)C(O)/C=C/CC/C=C/CCCCCCCCCCCCCCCCCCCCCCCCCC. The molecule has 0 aromatic heterocycles. The van der Waals surface area contributed by atoms with Crippen molar-refractivity contribution < 1.29 is 32.9 Å². The van der Waals surface area contributed by atoms with E-state index in [-0.39, 0.29) is 12.5 Å². The van der Waals surface area contributed by atoms with Gasteiger partial charge in [0.05, 0.1) is 39.9 Å². The summed E-state index contributed by atoms with van der Waals surface area (Å²) in [7, 11) is 1.26. The van der Waals surface area contributed by atoms with Crippen LogP contribution in [-0.2, 0) is 18.4 Å². The maximum atomic E-state index is 13.1. The van der Waals surface area contributed by atoms with E-state index in [1.165, 1.54) is 321 Å². The van der Waals surface area contributed by atoms with Crippen LogP contribution in [-0.4, -0.2) is 68.5 Å². The highest BCUT2D eigenvalue weighted by Crippen LogP contribution is 2.38. The number of allylic oxidation sites excluding steroid dienone is 9. The van der Waals surface area contributed by atoms with E-state index >= 15 is 0 Å². The molecule has 89 heavy (non-hydrogen) atoms. The molecule has 0 saturated carbocycles. The number of phosphoric acid groups is 1. The standard InChI is InChI=1S/C80H153N2O6P/c1-6-8-10-12-14-16-18-20-22-24-26-28-30-32-34-36-38-39-40-41-42-43-44-46-48-50-52-54-56-58-60-62-64-66-68-70-72-74-80(84)81-78(77-88-89(85,86)87-76-75-82(3,4)5)79(83)73-71-69-67-65-63-61-59-57-55-53-51-49-47-45-37-35-33-31-29-27-25-23-21-19-17-15-13-11-9-7-2/h18,20,24,26,30,32,63,65,71,73,78-79,83H,6-17,19,21-23,25,27-29,31,33-62,64,66-70,72,74-77H2,1-5H3,(H-,81,84,85,86)/b20-18-,26-24-,32-30-,65-63+,73-71+. The Morgan fingerprint density at radius 1 is 0.393 bits per heavy atom. The molecule has 0 radical (unpaired) electrons. The highest BCUT2D eigenvalue weighted by atomic mass is 31.2. The van der Waals surface area contributed by atoms with Crippen molar-refractivity contribution in [3.63, 3.8) is 0 Å². The number of phosphoric ester groups is 1. The lowest BCUT2D eigenvalue weighted by atomic mass is 10.0. The van der Waals surface area contributed by atoms with Gasteiger partial charge in [0.1, 0.15) is 13.2 Å². The quantitative estimate of drug-likeness (QED) is 0.0272. The van der Waals surface area contributed by atoms with Crippen LogP contribution in [0.2, 0.25) is 0 Å². The molecule has 0 aromatic rings. The van der Waals surface area contributed by atoms with E-state index in [0.29, 0.717) is 17.4 Å². The average molecular weight is 1270 g/mol. The number of hydrogen-bond acceptors (Lipinski definition) is 6. The summed E-state index contributed by atoms with van der Waals surface area (Å²) in [4.78, 5) is 25.7. The van der Waals surface area contributed by atoms with Crippen molar-refractivity contribution in [2.75, 3.05) is 40.9 Å². The number of amides is 1. The lowest BCUT2D eigenvalue weighted by Crippen LogP contribution is -2.45. The lowest BCUT2D eigenvalue weighted by Gasteiger charge is -2.29. The van der Waals surface area contributed by atoms with Crippen molar-refractivity contribution in [3.05, 3.63) is 60.8 Å². The number of likely N-dealkylation sites (N-methyl/N-ethyl adjacent to an activating group) is 1. The average Bonchev–Trinajstić information content (AvgIpc) is 3.57. The highest BCUT2D eigenvalue weighted by molar-refractivity contribution is 7.45. The summed E-state index contributed by atoms with van der Waals surface area (Å²) in [6.07, 6.45) is 98.2. The molecular weight excluding hydrogens is 1120 g/mol. The minimum Gasteiger partial charge on any atom is -0.756 e. The second-order valence-corrected chi connectivity index (χ2v) is 29.5. The van der Waals surface area contributed by atoms with E-state index in [0.717, 1.165) is 51.4 Å². The predicted molar refractivity (Wildman–Crippen MR) is 390 cm³/mol. The first-order valence-electron chi connectivity index (χ1n) is 39.2. The third-order valence-corrected chi connectivity index (χ3v) is 18.9. The molecule has 524 valence electrons. The Bertz CT molecular complexity index is 1640. The third-order valence-electron chi connectivity index (χ3n) is 17.9. The Morgan fingerprint density at radius 2 is 0.663 bits per heavy atom. The van der Waals surface area contributed by atoms with E-state index in [2.05, 4.69) is 67.8 Å². The van der Waals surface area contributed by atoms with Crippen LogP contribution < -0.4 is 10.2 Å². The van der Waals surface area contributed by atoms with Gasteiger partial charge in [0.15, 0.2) is 0 Å². The van der Waals surface area contributed by atoms with E-state index in [9.17, 15) is 19.4 Å². The third kappa shape index (κ3) is 73.5. The molecule has 8 nitrogen and oxygen atoms in total. The molecule has 0 bridgehead atoms. The Morgan fingerprint density at radius 3 is 0.989 bits per heavy atom. The van der Waals surface area contributed by atoms with Crippen molar-refractivity contribution in [1.29, 1.82) is 0 Å². The molecule has 0 aromatic carbocycles. The van der Waals surface area contributed by atoms with Crippen LogP contribution in [0, 0.1) is 0 Å². The minimum absolute atomic E-state index is 0.00554. The van der Waals surface area contributed by atoms with Crippen LogP contribution in [0.1, 0.15) is 393 Å². The summed E-state index contributed by atoms with van der Waals surface area (Å²) >= 11 is 0. The van der Waals surface area contributed by atoms with Crippen molar-refractivity contribution in [2.24, 2.45) is 0 Å². The van der Waals surface area contributed by atoms with Gasteiger partial charge in [-0.2, -0.15) is 0 Å². The molecule has 0 saturated heterocycles. The molecule has 0 spiro atoms. The minimum atomic E-state index is -4.62. The first kappa shape index (κ1) is 87.2. The topological polar surface area (TPSA) is 108 Å². The van der Waals surface area contributed by atoms with Crippen molar-refractivity contribution >= 4 is 13.7 Å². The molecular formula is C80H153N2O6P. The molecule has 0 fully saturated rings. The van der Waals surface area contributed by atoms with E-state index in [1.807, 2.05) is 27.2 Å². The number of unbranched alkanes of at least 4 members (excludes halogenated alkanes) is 52. The maximum absolute atomic E-state index is 13.1. The normalized spacial score (nSPS) is 13.8. The zero-order valence-electron chi connectivity index (χ0n) is 60.2. The lowest BCUT2D eigenvalue weighted by molar-refractivity contribution is -0.870. The molecule has 1 amide bonds.